The Morgan fingerprint density at radius 2 is 2.10 bits per heavy atom. The van der Waals surface area contributed by atoms with Gasteiger partial charge in [0.15, 0.2) is 11.0 Å². The van der Waals surface area contributed by atoms with E-state index in [4.69, 9.17) is 0 Å². The first kappa shape index (κ1) is 13.6. The molecule has 1 saturated carbocycles. The molecule has 0 saturated heterocycles. The Labute approximate surface area is 123 Å². The molecule has 0 atom stereocenters. The highest BCUT2D eigenvalue weighted by molar-refractivity contribution is 7.99. The maximum absolute atomic E-state index is 4.55. The monoisotopic (exact) mass is 288 g/mol. The molecule has 3 rings (SSSR count). The second kappa shape index (κ2) is 6.88. The molecule has 20 heavy (non-hydrogen) atoms. The van der Waals surface area contributed by atoms with Gasteiger partial charge in [0, 0.05) is 17.6 Å². The summed E-state index contributed by atoms with van der Waals surface area (Å²) >= 11 is 1.81. The van der Waals surface area contributed by atoms with Crippen molar-refractivity contribution in [1.29, 1.82) is 0 Å². The van der Waals surface area contributed by atoms with E-state index in [1.165, 1.54) is 32.1 Å². The smallest absolute Gasteiger partial charge is 0.183 e. The lowest BCUT2D eigenvalue weighted by Gasteiger charge is -2.20. The number of rotatable bonds is 5. The summed E-state index contributed by atoms with van der Waals surface area (Å²) in [5, 5.41) is 8.26. The fraction of sp³-hybridized carbons (Fsp3) is 0.533. The van der Waals surface area contributed by atoms with Gasteiger partial charge in [0.2, 0.25) is 0 Å². The number of aromatic amines is 1. The molecule has 0 aliphatic heterocycles. The Hall–Kier alpha value is -1.36. The SMILES string of the molecule is c1ccc(Cc2n[nH]c(SCC3CCCCC3)n2)nc1. The van der Waals surface area contributed by atoms with Gasteiger partial charge in [-0.3, -0.25) is 10.1 Å². The normalized spacial score (nSPS) is 16.4. The van der Waals surface area contributed by atoms with Crippen molar-refractivity contribution in [2.45, 2.75) is 43.7 Å². The van der Waals surface area contributed by atoms with Crippen LogP contribution in [-0.2, 0) is 6.42 Å². The Bertz CT molecular complexity index is 520. The lowest BCUT2D eigenvalue weighted by atomic mass is 9.91. The Balaban J connectivity index is 1.51. The van der Waals surface area contributed by atoms with Gasteiger partial charge in [0.1, 0.15) is 0 Å². The first-order valence-electron chi connectivity index (χ1n) is 7.34. The van der Waals surface area contributed by atoms with Gasteiger partial charge in [-0.15, -0.1) is 0 Å². The molecule has 4 nitrogen and oxygen atoms in total. The van der Waals surface area contributed by atoms with Crippen LogP contribution in [0, 0.1) is 5.92 Å². The number of hydrogen-bond donors (Lipinski definition) is 1. The van der Waals surface area contributed by atoms with Crippen molar-refractivity contribution in [2.75, 3.05) is 5.75 Å². The summed E-state index contributed by atoms with van der Waals surface area (Å²) in [5.74, 6) is 2.85. The Morgan fingerprint density at radius 3 is 2.90 bits per heavy atom. The van der Waals surface area contributed by atoms with E-state index < -0.39 is 0 Å². The van der Waals surface area contributed by atoms with Gasteiger partial charge >= 0.3 is 0 Å². The van der Waals surface area contributed by atoms with E-state index in [9.17, 15) is 0 Å². The molecule has 0 bridgehead atoms. The lowest BCUT2D eigenvalue weighted by molar-refractivity contribution is 0.391. The molecule has 0 amide bonds. The molecule has 1 N–H and O–H groups in total. The van der Waals surface area contributed by atoms with E-state index >= 15 is 0 Å². The number of nitrogens with zero attached hydrogens (tertiary/aromatic N) is 3. The molecule has 2 aromatic rings. The van der Waals surface area contributed by atoms with E-state index in [0.29, 0.717) is 6.42 Å². The van der Waals surface area contributed by atoms with Crippen LogP contribution in [0.1, 0.15) is 43.6 Å². The fourth-order valence-corrected chi connectivity index (χ4v) is 3.65. The summed E-state index contributed by atoms with van der Waals surface area (Å²) in [4.78, 5) is 8.85. The van der Waals surface area contributed by atoms with Crippen LogP contribution in [-0.4, -0.2) is 25.9 Å². The molecule has 0 radical (unpaired) electrons. The lowest BCUT2D eigenvalue weighted by Crippen LogP contribution is -2.08. The molecule has 5 heteroatoms. The zero-order valence-electron chi connectivity index (χ0n) is 11.6. The highest BCUT2D eigenvalue weighted by Gasteiger charge is 2.14. The number of thioether (sulfide) groups is 1. The standard InChI is InChI=1S/C15H20N4S/c1-2-6-12(7-3-1)11-20-15-17-14(18-19-15)10-13-8-4-5-9-16-13/h4-5,8-9,12H,1-3,6-7,10-11H2,(H,17,18,19). The Kier molecular flexibility index (Phi) is 4.69. The van der Waals surface area contributed by atoms with Gasteiger partial charge in [-0.1, -0.05) is 37.1 Å². The predicted octanol–water partition coefficient (Wildman–Crippen LogP) is 3.46. The molecule has 1 aliphatic rings. The summed E-state index contributed by atoms with van der Waals surface area (Å²) in [7, 11) is 0. The first-order chi connectivity index (χ1) is 9.90. The average molecular weight is 288 g/mol. The number of aromatic nitrogens is 4. The van der Waals surface area contributed by atoms with Gasteiger partial charge in [-0.2, -0.15) is 5.10 Å². The van der Waals surface area contributed by atoms with Gasteiger partial charge in [-0.25, -0.2) is 4.98 Å². The zero-order valence-corrected chi connectivity index (χ0v) is 12.4. The second-order valence-electron chi connectivity index (χ2n) is 5.37. The maximum atomic E-state index is 4.55. The van der Waals surface area contributed by atoms with Crippen molar-refractivity contribution < 1.29 is 0 Å². The van der Waals surface area contributed by atoms with Gasteiger partial charge in [-0.05, 0) is 30.9 Å². The van der Waals surface area contributed by atoms with E-state index in [2.05, 4.69) is 20.2 Å². The molecule has 0 unspecified atom stereocenters. The molecule has 1 aliphatic carbocycles. The number of hydrogen-bond acceptors (Lipinski definition) is 4. The minimum absolute atomic E-state index is 0.696. The van der Waals surface area contributed by atoms with E-state index in [0.717, 1.165) is 28.3 Å². The molecule has 0 aromatic carbocycles. The van der Waals surface area contributed by atoms with Gasteiger partial charge < -0.3 is 0 Å². The summed E-state index contributed by atoms with van der Waals surface area (Å²) < 4.78 is 0. The van der Waals surface area contributed by atoms with Crippen LogP contribution in [0.2, 0.25) is 0 Å². The molecule has 2 aromatic heterocycles. The van der Waals surface area contributed by atoms with Crippen molar-refractivity contribution >= 4 is 11.8 Å². The minimum atomic E-state index is 0.696. The van der Waals surface area contributed by atoms with E-state index in [1.54, 1.807) is 6.20 Å². The van der Waals surface area contributed by atoms with Crippen LogP contribution in [0.25, 0.3) is 0 Å². The van der Waals surface area contributed by atoms with Crippen molar-refractivity contribution in [1.82, 2.24) is 20.2 Å². The maximum Gasteiger partial charge on any atom is 0.183 e. The molecule has 1 fully saturated rings. The highest BCUT2D eigenvalue weighted by atomic mass is 32.2. The largest absolute Gasteiger partial charge is 0.261 e. The molecule has 2 heterocycles. The van der Waals surface area contributed by atoms with Crippen LogP contribution >= 0.6 is 11.8 Å². The van der Waals surface area contributed by atoms with Crippen LogP contribution in [0.5, 0.6) is 0 Å². The molecular weight excluding hydrogens is 268 g/mol. The molecule has 106 valence electrons. The van der Waals surface area contributed by atoms with Crippen LogP contribution in [0.4, 0.5) is 0 Å². The summed E-state index contributed by atoms with van der Waals surface area (Å²) in [6.07, 6.45) is 9.46. The van der Waals surface area contributed by atoms with Crippen molar-refractivity contribution in [3.63, 3.8) is 0 Å². The fourth-order valence-electron chi connectivity index (χ4n) is 2.64. The number of pyridine rings is 1. The van der Waals surface area contributed by atoms with E-state index in [-0.39, 0.29) is 0 Å². The topological polar surface area (TPSA) is 54.5 Å². The third-order valence-electron chi connectivity index (χ3n) is 3.76. The Morgan fingerprint density at radius 1 is 1.20 bits per heavy atom. The number of H-pyrrole nitrogens is 1. The van der Waals surface area contributed by atoms with Crippen molar-refractivity contribution in [2.24, 2.45) is 5.92 Å². The van der Waals surface area contributed by atoms with Crippen LogP contribution in [0.3, 0.4) is 0 Å². The third-order valence-corrected chi connectivity index (χ3v) is 4.85. The van der Waals surface area contributed by atoms with Gasteiger partial charge in [0.05, 0.1) is 6.42 Å². The number of nitrogens with one attached hydrogen (secondary N) is 1. The third kappa shape index (κ3) is 3.82. The summed E-state index contributed by atoms with van der Waals surface area (Å²) in [6, 6.07) is 5.92. The van der Waals surface area contributed by atoms with Crippen LogP contribution in [0.15, 0.2) is 29.6 Å². The molecule has 0 spiro atoms. The van der Waals surface area contributed by atoms with Crippen LogP contribution < -0.4 is 0 Å². The summed E-state index contributed by atoms with van der Waals surface area (Å²) in [6.45, 7) is 0. The quantitative estimate of drug-likeness (QED) is 0.856. The minimum Gasteiger partial charge on any atom is -0.261 e. The summed E-state index contributed by atoms with van der Waals surface area (Å²) in [5.41, 5.74) is 1.01. The van der Waals surface area contributed by atoms with E-state index in [1.807, 2.05) is 30.0 Å². The zero-order chi connectivity index (χ0) is 13.6. The first-order valence-corrected chi connectivity index (χ1v) is 8.33. The highest BCUT2D eigenvalue weighted by Crippen LogP contribution is 2.28. The van der Waals surface area contributed by atoms with Crippen molar-refractivity contribution in [3.05, 3.63) is 35.9 Å². The average Bonchev–Trinajstić information content (AvgIpc) is 2.95. The molecular formula is C15H20N4S. The second-order valence-corrected chi connectivity index (χ2v) is 6.38. The predicted molar refractivity (Wildman–Crippen MR) is 80.7 cm³/mol. The van der Waals surface area contributed by atoms with Gasteiger partial charge in [0.25, 0.3) is 0 Å². The van der Waals surface area contributed by atoms with Crippen molar-refractivity contribution in [3.8, 4) is 0 Å².